The minimum absolute atomic E-state index is 0.204. The van der Waals surface area contributed by atoms with Crippen LogP contribution in [0.4, 0.5) is 4.39 Å². The van der Waals surface area contributed by atoms with Crippen molar-refractivity contribution in [3.63, 3.8) is 0 Å². The van der Waals surface area contributed by atoms with E-state index in [-0.39, 0.29) is 12.4 Å². The average molecular weight is 183 g/mol. The first-order chi connectivity index (χ1) is 6.13. The van der Waals surface area contributed by atoms with E-state index in [9.17, 15) is 9.50 Å². The zero-order valence-electron chi connectivity index (χ0n) is 7.63. The second-order valence-corrected chi connectivity index (χ2v) is 3.16. The van der Waals surface area contributed by atoms with E-state index in [2.05, 4.69) is 0 Å². The lowest BCUT2D eigenvalue weighted by atomic mass is 10.0. The molecular formula is C10H14FNO. The van der Waals surface area contributed by atoms with Crippen LogP contribution in [0, 0.1) is 12.7 Å². The number of hydrogen-bond acceptors (Lipinski definition) is 2. The molecule has 1 unspecified atom stereocenters. The van der Waals surface area contributed by atoms with Crippen molar-refractivity contribution in [2.24, 2.45) is 5.73 Å². The van der Waals surface area contributed by atoms with E-state index in [1.165, 1.54) is 12.1 Å². The van der Waals surface area contributed by atoms with Crippen LogP contribution in [0.2, 0.25) is 0 Å². The highest BCUT2D eigenvalue weighted by atomic mass is 19.1. The van der Waals surface area contributed by atoms with Gasteiger partial charge in [-0.3, -0.25) is 0 Å². The molecule has 0 fully saturated rings. The van der Waals surface area contributed by atoms with Gasteiger partial charge in [0.2, 0.25) is 0 Å². The van der Waals surface area contributed by atoms with Crippen molar-refractivity contribution in [3.8, 4) is 0 Å². The topological polar surface area (TPSA) is 46.2 Å². The van der Waals surface area contributed by atoms with Crippen molar-refractivity contribution in [2.75, 3.05) is 6.54 Å². The Hall–Kier alpha value is -0.930. The molecular weight excluding hydrogens is 169 g/mol. The van der Waals surface area contributed by atoms with Gasteiger partial charge in [-0.1, -0.05) is 6.07 Å². The zero-order valence-corrected chi connectivity index (χ0v) is 7.63. The lowest BCUT2D eigenvalue weighted by Gasteiger charge is -2.09. The Kier molecular flexibility index (Phi) is 3.39. The molecule has 72 valence electrons. The number of benzene rings is 1. The minimum Gasteiger partial charge on any atom is -0.391 e. The number of aliphatic hydroxyl groups excluding tert-OH is 1. The van der Waals surface area contributed by atoms with Gasteiger partial charge >= 0.3 is 0 Å². The molecule has 0 aliphatic carbocycles. The Balaban J connectivity index is 2.81. The molecule has 0 radical (unpaired) electrons. The fourth-order valence-electron chi connectivity index (χ4n) is 1.20. The lowest BCUT2D eigenvalue weighted by Crippen LogP contribution is -2.22. The standard InChI is InChI=1S/C10H14FNO/c1-7-2-3-9(11)4-8(7)5-10(13)6-12/h2-4,10,13H,5-6,12H2,1H3. The predicted molar refractivity (Wildman–Crippen MR) is 49.9 cm³/mol. The summed E-state index contributed by atoms with van der Waals surface area (Å²) >= 11 is 0. The minimum atomic E-state index is -0.583. The SMILES string of the molecule is Cc1ccc(F)cc1CC(O)CN. The van der Waals surface area contributed by atoms with Crippen LogP contribution in [0.25, 0.3) is 0 Å². The van der Waals surface area contributed by atoms with Crippen LogP contribution in [-0.2, 0) is 6.42 Å². The Labute approximate surface area is 77.2 Å². The first kappa shape index (κ1) is 10.2. The zero-order chi connectivity index (χ0) is 9.84. The fraction of sp³-hybridized carbons (Fsp3) is 0.400. The number of aliphatic hydroxyl groups is 1. The summed E-state index contributed by atoms with van der Waals surface area (Å²) in [7, 11) is 0. The third-order valence-corrected chi connectivity index (χ3v) is 2.04. The molecule has 0 amide bonds. The molecule has 0 aliphatic heterocycles. The number of hydrogen-bond donors (Lipinski definition) is 2. The first-order valence-electron chi connectivity index (χ1n) is 4.26. The number of rotatable bonds is 3. The quantitative estimate of drug-likeness (QED) is 0.734. The molecule has 1 rings (SSSR count). The molecule has 3 heteroatoms. The summed E-state index contributed by atoms with van der Waals surface area (Å²) in [4.78, 5) is 0. The van der Waals surface area contributed by atoms with Crippen molar-refractivity contribution in [1.29, 1.82) is 0 Å². The monoisotopic (exact) mass is 183 g/mol. The number of aryl methyl sites for hydroxylation is 1. The number of halogens is 1. The van der Waals surface area contributed by atoms with Gasteiger partial charge in [0.15, 0.2) is 0 Å². The van der Waals surface area contributed by atoms with E-state index in [1.807, 2.05) is 6.92 Å². The maximum absolute atomic E-state index is 12.8. The normalized spacial score (nSPS) is 12.9. The molecule has 3 N–H and O–H groups in total. The molecule has 2 nitrogen and oxygen atoms in total. The van der Waals surface area contributed by atoms with Crippen LogP contribution in [0.15, 0.2) is 18.2 Å². The van der Waals surface area contributed by atoms with Gasteiger partial charge in [0, 0.05) is 6.54 Å². The second-order valence-electron chi connectivity index (χ2n) is 3.16. The molecule has 1 aromatic rings. The van der Waals surface area contributed by atoms with Crippen LogP contribution in [-0.4, -0.2) is 17.8 Å². The van der Waals surface area contributed by atoms with E-state index in [1.54, 1.807) is 6.07 Å². The van der Waals surface area contributed by atoms with Crippen LogP contribution in [0.1, 0.15) is 11.1 Å². The van der Waals surface area contributed by atoms with Crippen molar-refractivity contribution in [3.05, 3.63) is 35.1 Å². The summed E-state index contributed by atoms with van der Waals surface area (Å²) in [6.45, 7) is 2.09. The molecule has 1 aromatic carbocycles. The maximum atomic E-state index is 12.8. The van der Waals surface area contributed by atoms with Gasteiger partial charge < -0.3 is 10.8 Å². The summed E-state index contributed by atoms with van der Waals surface area (Å²) in [6.07, 6.45) is -0.166. The molecule has 0 saturated carbocycles. The van der Waals surface area contributed by atoms with Gasteiger partial charge in [-0.15, -0.1) is 0 Å². The van der Waals surface area contributed by atoms with E-state index >= 15 is 0 Å². The maximum Gasteiger partial charge on any atom is 0.123 e. The summed E-state index contributed by atoms with van der Waals surface area (Å²) in [5, 5.41) is 9.28. The predicted octanol–water partition coefficient (Wildman–Crippen LogP) is 0.996. The van der Waals surface area contributed by atoms with Gasteiger partial charge in [0.05, 0.1) is 6.10 Å². The average Bonchev–Trinajstić information content (AvgIpc) is 2.11. The van der Waals surface area contributed by atoms with Gasteiger partial charge in [-0.2, -0.15) is 0 Å². The smallest absolute Gasteiger partial charge is 0.123 e. The molecule has 13 heavy (non-hydrogen) atoms. The highest BCUT2D eigenvalue weighted by Gasteiger charge is 2.06. The third-order valence-electron chi connectivity index (χ3n) is 2.04. The molecule has 0 saturated heterocycles. The van der Waals surface area contributed by atoms with Crippen LogP contribution >= 0.6 is 0 Å². The Morgan fingerprint density at radius 2 is 2.23 bits per heavy atom. The number of nitrogens with two attached hydrogens (primary N) is 1. The van der Waals surface area contributed by atoms with E-state index in [0.29, 0.717) is 6.42 Å². The van der Waals surface area contributed by atoms with Crippen LogP contribution in [0.3, 0.4) is 0 Å². The summed E-state index contributed by atoms with van der Waals surface area (Å²) < 4.78 is 12.8. The summed E-state index contributed by atoms with van der Waals surface area (Å²) in [5.74, 6) is -0.273. The van der Waals surface area contributed by atoms with E-state index < -0.39 is 6.10 Å². The second kappa shape index (κ2) is 4.35. The van der Waals surface area contributed by atoms with E-state index in [4.69, 9.17) is 5.73 Å². The highest BCUT2D eigenvalue weighted by molar-refractivity contribution is 5.27. The Morgan fingerprint density at radius 3 is 2.85 bits per heavy atom. The van der Waals surface area contributed by atoms with E-state index in [0.717, 1.165) is 11.1 Å². The van der Waals surface area contributed by atoms with Gasteiger partial charge in [0.1, 0.15) is 5.82 Å². The molecule has 0 heterocycles. The Morgan fingerprint density at radius 1 is 1.54 bits per heavy atom. The van der Waals surface area contributed by atoms with Crippen molar-refractivity contribution in [2.45, 2.75) is 19.4 Å². The fourth-order valence-corrected chi connectivity index (χ4v) is 1.20. The van der Waals surface area contributed by atoms with Gasteiger partial charge in [-0.25, -0.2) is 4.39 Å². The molecule has 0 aliphatic rings. The highest BCUT2D eigenvalue weighted by Crippen LogP contribution is 2.12. The van der Waals surface area contributed by atoms with Crippen LogP contribution < -0.4 is 5.73 Å². The molecule has 0 bridgehead atoms. The van der Waals surface area contributed by atoms with Gasteiger partial charge in [-0.05, 0) is 36.6 Å². The molecule has 0 aromatic heterocycles. The molecule has 1 atom stereocenters. The lowest BCUT2D eigenvalue weighted by molar-refractivity contribution is 0.183. The Bertz CT molecular complexity index is 288. The van der Waals surface area contributed by atoms with Crippen LogP contribution in [0.5, 0.6) is 0 Å². The largest absolute Gasteiger partial charge is 0.391 e. The first-order valence-corrected chi connectivity index (χ1v) is 4.26. The van der Waals surface area contributed by atoms with Crippen molar-refractivity contribution >= 4 is 0 Å². The summed E-state index contributed by atoms with van der Waals surface area (Å²) in [6, 6.07) is 4.55. The van der Waals surface area contributed by atoms with Crippen molar-refractivity contribution in [1.82, 2.24) is 0 Å². The molecule has 0 spiro atoms. The third kappa shape index (κ3) is 2.79. The van der Waals surface area contributed by atoms with Gasteiger partial charge in [0.25, 0.3) is 0 Å². The summed E-state index contributed by atoms with van der Waals surface area (Å²) in [5.41, 5.74) is 7.06. The van der Waals surface area contributed by atoms with Crippen molar-refractivity contribution < 1.29 is 9.50 Å².